The number of amides is 2. The number of hydrogen-bond acceptors (Lipinski definition) is 4. The van der Waals surface area contributed by atoms with Crippen LogP contribution in [0, 0.1) is 6.92 Å². The number of carbonyl (C=O) groups excluding carboxylic acids is 2. The first-order valence-electron chi connectivity index (χ1n) is 8.37. The van der Waals surface area contributed by atoms with Gasteiger partial charge >= 0.3 is 0 Å². The molecular formula is C20H23ClN2O4. The van der Waals surface area contributed by atoms with Crippen molar-refractivity contribution in [2.24, 2.45) is 0 Å². The Hall–Kier alpha value is -2.73. The second-order valence-corrected chi connectivity index (χ2v) is 6.44. The summed E-state index contributed by atoms with van der Waals surface area (Å²) in [6.45, 7) is 3.50. The number of nitrogens with zero attached hydrogens (tertiary/aromatic N) is 1. The molecule has 0 atom stereocenters. The molecule has 27 heavy (non-hydrogen) atoms. The number of aryl methyl sites for hydroxylation is 1. The van der Waals surface area contributed by atoms with Gasteiger partial charge in [0.1, 0.15) is 6.54 Å². The van der Waals surface area contributed by atoms with Gasteiger partial charge in [0.25, 0.3) is 0 Å². The van der Waals surface area contributed by atoms with Crippen molar-refractivity contribution in [1.82, 2.24) is 5.32 Å². The van der Waals surface area contributed by atoms with Crippen LogP contribution < -0.4 is 19.7 Å². The summed E-state index contributed by atoms with van der Waals surface area (Å²) >= 11 is 5.97. The molecule has 0 saturated carbocycles. The highest BCUT2D eigenvalue weighted by molar-refractivity contribution is 6.30. The highest BCUT2D eigenvalue weighted by atomic mass is 35.5. The molecule has 0 aliphatic carbocycles. The first kappa shape index (κ1) is 20.6. The number of nitrogens with one attached hydrogen (secondary N) is 1. The van der Waals surface area contributed by atoms with E-state index in [2.05, 4.69) is 5.32 Å². The Labute approximate surface area is 164 Å². The number of halogens is 1. The van der Waals surface area contributed by atoms with Gasteiger partial charge in [-0.05, 0) is 48.4 Å². The van der Waals surface area contributed by atoms with Crippen molar-refractivity contribution < 1.29 is 19.1 Å². The van der Waals surface area contributed by atoms with E-state index < -0.39 is 0 Å². The van der Waals surface area contributed by atoms with Crippen LogP contribution in [0.15, 0.2) is 36.4 Å². The molecule has 6 nitrogen and oxygen atoms in total. The van der Waals surface area contributed by atoms with E-state index >= 15 is 0 Å². The van der Waals surface area contributed by atoms with Gasteiger partial charge in [0.05, 0.1) is 14.2 Å². The predicted octanol–water partition coefficient (Wildman–Crippen LogP) is 3.33. The summed E-state index contributed by atoms with van der Waals surface area (Å²) in [6, 6.07) is 10.6. The van der Waals surface area contributed by atoms with Crippen LogP contribution in [0.3, 0.4) is 0 Å². The maximum Gasteiger partial charge on any atom is 0.240 e. The number of carbonyl (C=O) groups is 2. The Kier molecular flexibility index (Phi) is 7.07. The minimum Gasteiger partial charge on any atom is -0.493 e. The molecule has 0 radical (unpaired) electrons. The number of ether oxygens (including phenoxy) is 2. The lowest BCUT2D eigenvalue weighted by molar-refractivity contribution is -0.123. The lowest BCUT2D eigenvalue weighted by atomic mass is 10.1. The molecule has 2 aromatic carbocycles. The van der Waals surface area contributed by atoms with Gasteiger partial charge in [-0.15, -0.1) is 0 Å². The van der Waals surface area contributed by atoms with Crippen LogP contribution in [0.2, 0.25) is 5.02 Å². The first-order valence-corrected chi connectivity index (χ1v) is 8.75. The fraction of sp³-hybridized carbons (Fsp3) is 0.300. The van der Waals surface area contributed by atoms with Gasteiger partial charge in [-0.1, -0.05) is 17.7 Å². The van der Waals surface area contributed by atoms with E-state index in [1.807, 2.05) is 13.0 Å². The van der Waals surface area contributed by atoms with Gasteiger partial charge < -0.3 is 19.7 Å². The monoisotopic (exact) mass is 390 g/mol. The molecule has 0 aromatic heterocycles. The topological polar surface area (TPSA) is 67.9 Å². The highest BCUT2D eigenvalue weighted by Crippen LogP contribution is 2.27. The Balaban J connectivity index is 2.05. The van der Waals surface area contributed by atoms with E-state index in [0.29, 0.717) is 28.8 Å². The van der Waals surface area contributed by atoms with Crippen LogP contribution in [-0.2, 0) is 16.1 Å². The Morgan fingerprint density at radius 3 is 2.37 bits per heavy atom. The Bertz CT molecular complexity index is 839. The van der Waals surface area contributed by atoms with Gasteiger partial charge in [-0.3, -0.25) is 9.59 Å². The molecule has 144 valence electrons. The molecule has 0 aliphatic heterocycles. The fourth-order valence-electron chi connectivity index (χ4n) is 2.68. The van der Waals surface area contributed by atoms with Crippen LogP contribution in [-0.4, -0.2) is 32.6 Å². The lowest BCUT2D eigenvalue weighted by Gasteiger charge is -2.22. The number of benzene rings is 2. The second-order valence-electron chi connectivity index (χ2n) is 6.00. The van der Waals surface area contributed by atoms with E-state index in [-0.39, 0.29) is 18.4 Å². The molecule has 2 aromatic rings. The summed E-state index contributed by atoms with van der Waals surface area (Å²) in [7, 11) is 3.12. The van der Waals surface area contributed by atoms with E-state index in [1.54, 1.807) is 44.6 Å². The quantitative estimate of drug-likeness (QED) is 0.787. The molecule has 0 spiro atoms. The standard InChI is InChI=1S/C20H23ClN2O4/c1-13-9-16(21)6-7-17(13)23(14(2)24)12-20(25)22-11-15-5-8-18(26-3)19(10-15)27-4/h5-10H,11-12H2,1-4H3,(H,22,25). The lowest BCUT2D eigenvalue weighted by Crippen LogP contribution is -2.40. The van der Waals surface area contributed by atoms with Gasteiger partial charge in [0, 0.05) is 24.2 Å². The summed E-state index contributed by atoms with van der Waals surface area (Å²) < 4.78 is 10.5. The summed E-state index contributed by atoms with van der Waals surface area (Å²) in [5.74, 6) is 0.718. The third-order valence-electron chi connectivity index (χ3n) is 4.07. The van der Waals surface area contributed by atoms with Crippen LogP contribution in [0.1, 0.15) is 18.1 Å². The maximum absolute atomic E-state index is 12.4. The molecular weight excluding hydrogens is 368 g/mol. The summed E-state index contributed by atoms with van der Waals surface area (Å²) in [4.78, 5) is 25.8. The molecule has 0 heterocycles. The van der Waals surface area contributed by atoms with Crippen molar-refractivity contribution in [3.8, 4) is 11.5 Å². The fourth-order valence-corrected chi connectivity index (χ4v) is 2.91. The van der Waals surface area contributed by atoms with Crippen LogP contribution in [0.5, 0.6) is 11.5 Å². The molecule has 0 unspecified atom stereocenters. The van der Waals surface area contributed by atoms with E-state index in [0.717, 1.165) is 11.1 Å². The minimum absolute atomic E-state index is 0.0783. The molecule has 2 amide bonds. The van der Waals surface area contributed by atoms with Crippen molar-refractivity contribution in [2.45, 2.75) is 20.4 Å². The van der Waals surface area contributed by atoms with Crippen LogP contribution >= 0.6 is 11.6 Å². The molecule has 0 saturated heterocycles. The van der Waals surface area contributed by atoms with E-state index in [1.165, 1.54) is 11.8 Å². The normalized spacial score (nSPS) is 10.3. The van der Waals surface area contributed by atoms with Crippen molar-refractivity contribution in [2.75, 3.05) is 25.7 Å². The summed E-state index contributed by atoms with van der Waals surface area (Å²) in [6.07, 6.45) is 0. The second kappa shape index (κ2) is 9.28. The molecule has 0 bridgehead atoms. The number of methoxy groups -OCH3 is 2. The number of hydrogen-bond donors (Lipinski definition) is 1. The highest BCUT2D eigenvalue weighted by Gasteiger charge is 2.17. The van der Waals surface area contributed by atoms with Crippen molar-refractivity contribution in [3.05, 3.63) is 52.5 Å². The zero-order valence-corrected chi connectivity index (χ0v) is 16.6. The first-order chi connectivity index (χ1) is 12.8. The average molecular weight is 391 g/mol. The van der Waals surface area contributed by atoms with Gasteiger partial charge in [0.2, 0.25) is 11.8 Å². The van der Waals surface area contributed by atoms with E-state index in [4.69, 9.17) is 21.1 Å². The zero-order chi connectivity index (χ0) is 20.0. The zero-order valence-electron chi connectivity index (χ0n) is 15.8. The van der Waals surface area contributed by atoms with Gasteiger partial charge in [0.15, 0.2) is 11.5 Å². The molecule has 7 heteroatoms. The predicted molar refractivity (Wildman–Crippen MR) is 106 cm³/mol. The largest absolute Gasteiger partial charge is 0.493 e. The molecule has 0 aliphatic rings. The van der Waals surface area contributed by atoms with Crippen molar-refractivity contribution >= 4 is 29.1 Å². The number of anilines is 1. The maximum atomic E-state index is 12.4. The van der Waals surface area contributed by atoms with Crippen LogP contribution in [0.25, 0.3) is 0 Å². The van der Waals surface area contributed by atoms with Gasteiger partial charge in [-0.2, -0.15) is 0 Å². The van der Waals surface area contributed by atoms with E-state index in [9.17, 15) is 9.59 Å². The summed E-state index contributed by atoms with van der Waals surface area (Å²) in [5, 5.41) is 3.40. The SMILES string of the molecule is COc1ccc(CNC(=O)CN(C(C)=O)c2ccc(Cl)cc2C)cc1OC. The average Bonchev–Trinajstić information content (AvgIpc) is 2.64. The third kappa shape index (κ3) is 5.37. The minimum atomic E-state index is -0.269. The van der Waals surface area contributed by atoms with Gasteiger partial charge in [-0.25, -0.2) is 0 Å². The Morgan fingerprint density at radius 2 is 1.78 bits per heavy atom. The Morgan fingerprint density at radius 1 is 1.07 bits per heavy atom. The summed E-state index contributed by atoms with van der Waals surface area (Å²) in [5.41, 5.74) is 2.34. The molecule has 0 fully saturated rings. The smallest absolute Gasteiger partial charge is 0.240 e. The van der Waals surface area contributed by atoms with Crippen molar-refractivity contribution in [3.63, 3.8) is 0 Å². The van der Waals surface area contributed by atoms with Crippen molar-refractivity contribution in [1.29, 1.82) is 0 Å². The van der Waals surface area contributed by atoms with Crippen LogP contribution in [0.4, 0.5) is 5.69 Å². The third-order valence-corrected chi connectivity index (χ3v) is 4.30. The molecule has 2 rings (SSSR count). The number of rotatable bonds is 7. The molecule has 1 N–H and O–H groups in total.